The third kappa shape index (κ3) is 2.06. The summed E-state index contributed by atoms with van der Waals surface area (Å²) in [6.45, 7) is 2.95. The molecule has 2 aliphatic rings. The van der Waals surface area contributed by atoms with Crippen LogP contribution in [-0.4, -0.2) is 46.9 Å². The fourth-order valence-electron chi connectivity index (χ4n) is 2.76. The summed E-state index contributed by atoms with van der Waals surface area (Å²) in [5.41, 5.74) is -0.370. The number of ketones is 1. The van der Waals surface area contributed by atoms with E-state index in [4.69, 9.17) is 9.15 Å². The smallest absolute Gasteiger partial charge is 0.276 e. The van der Waals surface area contributed by atoms with Crippen molar-refractivity contribution >= 4 is 11.7 Å². The molecule has 1 spiro atoms. The van der Waals surface area contributed by atoms with Crippen molar-refractivity contribution in [1.29, 1.82) is 0 Å². The molecule has 3 rings (SSSR count). The van der Waals surface area contributed by atoms with Crippen molar-refractivity contribution in [3.63, 3.8) is 0 Å². The molecule has 0 N–H and O–H groups in total. The van der Waals surface area contributed by atoms with Crippen LogP contribution in [0.3, 0.4) is 0 Å². The van der Waals surface area contributed by atoms with Crippen molar-refractivity contribution in [3.8, 4) is 0 Å². The highest BCUT2D eigenvalue weighted by atomic mass is 16.5. The summed E-state index contributed by atoms with van der Waals surface area (Å²) >= 11 is 0. The molecule has 2 aliphatic heterocycles. The maximum absolute atomic E-state index is 12.2. The summed E-state index contributed by atoms with van der Waals surface area (Å²) in [4.78, 5) is 29.9. The highest BCUT2D eigenvalue weighted by Crippen LogP contribution is 2.33. The Bertz CT molecular complexity index is 516. The fraction of sp³-hybridized carbons (Fsp3) is 0.615. The van der Waals surface area contributed by atoms with Gasteiger partial charge >= 0.3 is 0 Å². The van der Waals surface area contributed by atoms with Crippen LogP contribution < -0.4 is 0 Å². The third-order valence-corrected chi connectivity index (χ3v) is 3.86. The molecule has 1 aromatic heterocycles. The van der Waals surface area contributed by atoms with Gasteiger partial charge in [-0.15, -0.1) is 0 Å². The number of carbonyl (C=O) groups is 2. The van der Waals surface area contributed by atoms with E-state index in [2.05, 4.69) is 4.98 Å². The number of likely N-dealkylation sites (tertiary alicyclic amines) is 1. The predicted octanol–water partition coefficient (Wildman–Crippen LogP) is 0.947. The minimum absolute atomic E-state index is 0.00446. The Labute approximate surface area is 110 Å². The van der Waals surface area contributed by atoms with E-state index >= 15 is 0 Å². The van der Waals surface area contributed by atoms with Gasteiger partial charge < -0.3 is 14.1 Å². The zero-order valence-electron chi connectivity index (χ0n) is 10.8. The standard InChI is InChI=1S/C13H16N2O4/c1-9-14-10(8-18-9)12(17)15-5-4-13(11(16)7-15)3-2-6-19-13/h8H,2-7H2,1H3/t13-/m0/s1. The second kappa shape index (κ2) is 4.45. The van der Waals surface area contributed by atoms with Crippen LogP contribution in [0.2, 0.25) is 0 Å². The molecule has 19 heavy (non-hydrogen) atoms. The largest absolute Gasteiger partial charge is 0.448 e. The lowest BCUT2D eigenvalue weighted by atomic mass is 9.87. The highest BCUT2D eigenvalue weighted by Gasteiger charge is 2.46. The topological polar surface area (TPSA) is 72.6 Å². The average Bonchev–Trinajstić information content (AvgIpc) is 3.02. The molecular weight excluding hydrogens is 248 g/mol. The second-order valence-corrected chi connectivity index (χ2v) is 5.10. The summed E-state index contributed by atoms with van der Waals surface area (Å²) in [6.07, 6.45) is 3.60. The minimum atomic E-state index is -0.628. The number of piperidine rings is 1. The Kier molecular flexibility index (Phi) is 2.89. The van der Waals surface area contributed by atoms with Crippen LogP contribution in [0.15, 0.2) is 10.7 Å². The summed E-state index contributed by atoms with van der Waals surface area (Å²) in [6, 6.07) is 0. The molecule has 6 heteroatoms. The molecule has 0 radical (unpaired) electrons. The Morgan fingerprint density at radius 2 is 2.32 bits per heavy atom. The zero-order valence-corrected chi connectivity index (χ0v) is 10.8. The number of amides is 1. The molecule has 0 bridgehead atoms. The van der Waals surface area contributed by atoms with Gasteiger partial charge in [0.15, 0.2) is 17.4 Å². The van der Waals surface area contributed by atoms with E-state index in [0.29, 0.717) is 25.5 Å². The molecule has 1 atom stereocenters. The molecule has 2 fully saturated rings. The predicted molar refractivity (Wildman–Crippen MR) is 64.7 cm³/mol. The number of hydrogen-bond acceptors (Lipinski definition) is 5. The van der Waals surface area contributed by atoms with Crippen molar-refractivity contribution in [2.24, 2.45) is 0 Å². The first-order valence-electron chi connectivity index (χ1n) is 6.49. The zero-order chi connectivity index (χ0) is 13.5. The number of rotatable bonds is 1. The molecule has 0 aromatic carbocycles. The van der Waals surface area contributed by atoms with E-state index < -0.39 is 5.60 Å². The fourth-order valence-corrected chi connectivity index (χ4v) is 2.76. The highest BCUT2D eigenvalue weighted by molar-refractivity contribution is 5.98. The number of Topliss-reactive ketones (excluding diaryl/α,β-unsaturated/α-hetero) is 1. The molecule has 0 saturated carbocycles. The number of hydrogen-bond donors (Lipinski definition) is 0. The van der Waals surface area contributed by atoms with Crippen molar-refractivity contribution in [1.82, 2.24) is 9.88 Å². The van der Waals surface area contributed by atoms with Crippen LogP contribution in [-0.2, 0) is 9.53 Å². The molecule has 0 unspecified atom stereocenters. The van der Waals surface area contributed by atoms with Crippen LogP contribution in [0.25, 0.3) is 0 Å². The molecule has 102 valence electrons. The van der Waals surface area contributed by atoms with Crippen LogP contribution in [0.5, 0.6) is 0 Å². The molecule has 6 nitrogen and oxygen atoms in total. The van der Waals surface area contributed by atoms with Crippen LogP contribution in [0.1, 0.15) is 35.6 Å². The Morgan fingerprint density at radius 1 is 1.47 bits per heavy atom. The van der Waals surface area contributed by atoms with E-state index in [1.807, 2.05) is 0 Å². The summed E-state index contributed by atoms with van der Waals surface area (Å²) in [5.74, 6) is 0.199. The number of oxazole rings is 1. The van der Waals surface area contributed by atoms with E-state index in [1.165, 1.54) is 11.2 Å². The maximum Gasteiger partial charge on any atom is 0.276 e. The van der Waals surface area contributed by atoms with Gasteiger partial charge in [-0.1, -0.05) is 0 Å². The Balaban J connectivity index is 1.72. The van der Waals surface area contributed by atoms with Gasteiger partial charge in [0.05, 0.1) is 6.54 Å². The quantitative estimate of drug-likeness (QED) is 0.755. The maximum atomic E-state index is 12.2. The number of ether oxygens (including phenoxy) is 1. The first-order chi connectivity index (χ1) is 9.11. The van der Waals surface area contributed by atoms with Gasteiger partial charge in [-0.25, -0.2) is 4.98 Å². The molecule has 0 aliphatic carbocycles. The SMILES string of the molecule is Cc1nc(C(=O)N2CC[C@@]3(CCCO3)C(=O)C2)co1. The Hall–Kier alpha value is -1.69. The van der Waals surface area contributed by atoms with E-state index in [-0.39, 0.29) is 23.9 Å². The van der Waals surface area contributed by atoms with Crippen molar-refractivity contribution < 1.29 is 18.7 Å². The lowest BCUT2D eigenvalue weighted by Gasteiger charge is -2.36. The number of aryl methyl sites for hydroxylation is 1. The number of aromatic nitrogens is 1. The summed E-state index contributed by atoms with van der Waals surface area (Å²) < 4.78 is 10.6. The van der Waals surface area contributed by atoms with Gasteiger partial charge in [-0.05, 0) is 12.8 Å². The van der Waals surface area contributed by atoms with Gasteiger partial charge in [-0.3, -0.25) is 9.59 Å². The van der Waals surface area contributed by atoms with E-state index in [1.54, 1.807) is 6.92 Å². The van der Waals surface area contributed by atoms with E-state index in [0.717, 1.165) is 12.8 Å². The monoisotopic (exact) mass is 264 g/mol. The number of carbonyl (C=O) groups excluding carboxylic acids is 2. The van der Waals surface area contributed by atoms with E-state index in [9.17, 15) is 9.59 Å². The lowest BCUT2D eigenvalue weighted by Crippen LogP contribution is -2.53. The molecular formula is C13H16N2O4. The van der Waals surface area contributed by atoms with Crippen LogP contribution >= 0.6 is 0 Å². The lowest BCUT2D eigenvalue weighted by molar-refractivity contribution is -0.144. The summed E-state index contributed by atoms with van der Waals surface area (Å²) in [5, 5.41) is 0. The van der Waals surface area contributed by atoms with Gasteiger partial charge in [0.1, 0.15) is 11.9 Å². The average molecular weight is 264 g/mol. The molecule has 3 heterocycles. The third-order valence-electron chi connectivity index (χ3n) is 3.86. The van der Waals surface area contributed by atoms with Gasteiger partial charge in [0.25, 0.3) is 5.91 Å². The second-order valence-electron chi connectivity index (χ2n) is 5.10. The number of nitrogens with zero attached hydrogens (tertiary/aromatic N) is 2. The van der Waals surface area contributed by atoms with Gasteiger partial charge in [0.2, 0.25) is 0 Å². The minimum Gasteiger partial charge on any atom is -0.448 e. The van der Waals surface area contributed by atoms with Gasteiger partial charge in [0, 0.05) is 26.5 Å². The first kappa shape index (κ1) is 12.3. The van der Waals surface area contributed by atoms with Crippen LogP contribution in [0.4, 0.5) is 0 Å². The van der Waals surface area contributed by atoms with Crippen LogP contribution in [0, 0.1) is 6.92 Å². The molecule has 2 saturated heterocycles. The van der Waals surface area contributed by atoms with Crippen molar-refractivity contribution in [3.05, 3.63) is 17.8 Å². The van der Waals surface area contributed by atoms with Crippen molar-refractivity contribution in [2.45, 2.75) is 31.8 Å². The normalized spacial score (nSPS) is 27.2. The molecule has 1 aromatic rings. The van der Waals surface area contributed by atoms with Gasteiger partial charge in [-0.2, -0.15) is 0 Å². The summed E-state index contributed by atoms with van der Waals surface area (Å²) in [7, 11) is 0. The Morgan fingerprint density at radius 3 is 2.89 bits per heavy atom. The first-order valence-corrected chi connectivity index (χ1v) is 6.49. The van der Waals surface area contributed by atoms with Crippen molar-refractivity contribution in [2.75, 3.05) is 19.7 Å². The molecule has 1 amide bonds.